The van der Waals surface area contributed by atoms with E-state index in [1.165, 1.54) is 24.3 Å². The van der Waals surface area contributed by atoms with Crippen LogP contribution < -0.4 is 10.9 Å². The Labute approximate surface area is 121 Å². The topological polar surface area (TPSA) is 62.0 Å². The number of alkyl halides is 3. The highest BCUT2D eigenvalue weighted by Gasteiger charge is 2.33. The van der Waals surface area contributed by atoms with E-state index in [0.717, 1.165) is 12.1 Å². The van der Waals surface area contributed by atoms with Crippen LogP contribution in [0.4, 0.5) is 18.9 Å². The summed E-state index contributed by atoms with van der Waals surface area (Å²) < 4.78 is 38.1. The zero-order chi connectivity index (χ0) is 15.6. The molecule has 4 nitrogen and oxygen atoms in total. The molecule has 0 saturated heterocycles. The summed E-state index contributed by atoms with van der Waals surface area (Å²) in [6, 6.07) is 6.89. The molecule has 1 aromatic heterocycles. The van der Waals surface area contributed by atoms with Gasteiger partial charge < -0.3 is 10.3 Å². The predicted molar refractivity (Wildman–Crippen MR) is 71.5 cm³/mol. The number of hydrogen-bond donors (Lipinski definition) is 2. The molecular formula is C13H8ClF3N2O2. The summed E-state index contributed by atoms with van der Waals surface area (Å²) in [6.07, 6.45) is -4.63. The molecule has 1 aromatic carbocycles. The minimum absolute atomic E-state index is 0.0639. The van der Waals surface area contributed by atoms with Gasteiger partial charge in [-0.15, -0.1) is 0 Å². The first-order chi connectivity index (χ1) is 9.77. The molecule has 0 bridgehead atoms. The van der Waals surface area contributed by atoms with Gasteiger partial charge in [0.25, 0.3) is 5.91 Å². The molecule has 0 fully saturated rings. The molecule has 2 N–H and O–H groups in total. The number of carbonyl (C=O) groups excluding carboxylic acids is 1. The fourth-order valence-corrected chi connectivity index (χ4v) is 1.82. The molecule has 2 rings (SSSR count). The number of nitrogens with one attached hydrogen (secondary N) is 2. The van der Waals surface area contributed by atoms with E-state index in [0.29, 0.717) is 0 Å². The van der Waals surface area contributed by atoms with Gasteiger partial charge in [-0.3, -0.25) is 9.59 Å². The molecule has 0 unspecified atom stereocenters. The van der Waals surface area contributed by atoms with Gasteiger partial charge in [-0.05, 0) is 24.3 Å². The second kappa shape index (κ2) is 5.61. The van der Waals surface area contributed by atoms with Crippen molar-refractivity contribution in [2.75, 3.05) is 5.32 Å². The standard InChI is InChI=1S/C13H8ClF3N2O2/c14-9-5-4-7(6-8(9)13(15,16)17)18-12(21)10-2-1-3-11(20)19-10/h1-6H,(H,18,21)(H,19,20). The molecule has 2 aromatic rings. The van der Waals surface area contributed by atoms with Crippen LogP contribution in [0.1, 0.15) is 16.1 Å². The lowest BCUT2D eigenvalue weighted by Crippen LogP contribution is -2.18. The smallest absolute Gasteiger partial charge is 0.321 e. The molecule has 0 aliphatic heterocycles. The van der Waals surface area contributed by atoms with Crippen molar-refractivity contribution in [3.8, 4) is 0 Å². The number of carbonyl (C=O) groups is 1. The Kier molecular flexibility index (Phi) is 4.04. The number of amides is 1. The summed E-state index contributed by atoms with van der Waals surface area (Å²) in [5.74, 6) is -0.733. The first-order valence-electron chi connectivity index (χ1n) is 5.65. The van der Waals surface area contributed by atoms with Crippen molar-refractivity contribution in [2.24, 2.45) is 0 Å². The van der Waals surface area contributed by atoms with Crippen molar-refractivity contribution < 1.29 is 18.0 Å². The Bertz CT molecular complexity index is 741. The molecule has 8 heteroatoms. The molecule has 0 radical (unpaired) electrons. The largest absolute Gasteiger partial charge is 0.417 e. The van der Waals surface area contributed by atoms with Gasteiger partial charge in [0.2, 0.25) is 5.56 Å². The van der Waals surface area contributed by atoms with Crippen molar-refractivity contribution in [3.05, 3.63) is 63.0 Å². The summed E-state index contributed by atoms with van der Waals surface area (Å²) in [5.41, 5.74) is -1.69. The van der Waals surface area contributed by atoms with Gasteiger partial charge in [-0.25, -0.2) is 0 Å². The Morgan fingerprint density at radius 3 is 2.52 bits per heavy atom. The van der Waals surface area contributed by atoms with Gasteiger partial charge in [-0.2, -0.15) is 13.2 Å². The van der Waals surface area contributed by atoms with Crippen LogP contribution in [0.5, 0.6) is 0 Å². The monoisotopic (exact) mass is 316 g/mol. The molecule has 1 amide bonds. The fourth-order valence-electron chi connectivity index (χ4n) is 1.60. The van der Waals surface area contributed by atoms with E-state index in [4.69, 9.17) is 11.6 Å². The maximum absolute atomic E-state index is 12.7. The third-order valence-corrected chi connectivity index (χ3v) is 2.87. The zero-order valence-corrected chi connectivity index (χ0v) is 11.0. The van der Waals surface area contributed by atoms with Gasteiger partial charge in [-0.1, -0.05) is 17.7 Å². The molecule has 21 heavy (non-hydrogen) atoms. The third-order valence-electron chi connectivity index (χ3n) is 2.54. The molecular weight excluding hydrogens is 309 g/mol. The van der Waals surface area contributed by atoms with E-state index in [2.05, 4.69) is 10.3 Å². The third kappa shape index (κ3) is 3.63. The van der Waals surface area contributed by atoms with Crippen LogP contribution in [0.2, 0.25) is 5.02 Å². The van der Waals surface area contributed by atoms with E-state index in [9.17, 15) is 22.8 Å². The van der Waals surface area contributed by atoms with Gasteiger partial charge in [0.05, 0.1) is 10.6 Å². The minimum atomic E-state index is -4.63. The highest BCUT2D eigenvalue weighted by molar-refractivity contribution is 6.31. The highest BCUT2D eigenvalue weighted by Crippen LogP contribution is 2.36. The van der Waals surface area contributed by atoms with Crippen LogP contribution in [-0.4, -0.2) is 10.9 Å². The predicted octanol–water partition coefficient (Wildman–Crippen LogP) is 3.30. The summed E-state index contributed by atoms with van der Waals surface area (Å²) in [4.78, 5) is 25.2. The number of aromatic amines is 1. The van der Waals surface area contributed by atoms with Crippen LogP contribution in [0.15, 0.2) is 41.2 Å². The van der Waals surface area contributed by atoms with E-state index < -0.39 is 28.2 Å². The summed E-state index contributed by atoms with van der Waals surface area (Å²) >= 11 is 5.47. The number of rotatable bonds is 2. The van der Waals surface area contributed by atoms with Crippen molar-refractivity contribution in [2.45, 2.75) is 6.18 Å². The van der Waals surface area contributed by atoms with Crippen LogP contribution in [0.3, 0.4) is 0 Å². The Morgan fingerprint density at radius 1 is 1.19 bits per heavy atom. The van der Waals surface area contributed by atoms with E-state index in [-0.39, 0.29) is 11.4 Å². The molecule has 0 aliphatic carbocycles. The van der Waals surface area contributed by atoms with E-state index in [1.54, 1.807) is 0 Å². The average Bonchev–Trinajstić information content (AvgIpc) is 2.39. The number of aromatic nitrogens is 1. The van der Waals surface area contributed by atoms with Gasteiger partial charge in [0.1, 0.15) is 5.69 Å². The zero-order valence-electron chi connectivity index (χ0n) is 10.3. The molecule has 0 atom stereocenters. The van der Waals surface area contributed by atoms with E-state index in [1.807, 2.05) is 0 Å². The minimum Gasteiger partial charge on any atom is -0.321 e. The maximum Gasteiger partial charge on any atom is 0.417 e. The lowest BCUT2D eigenvalue weighted by atomic mass is 10.2. The Balaban J connectivity index is 2.28. The molecule has 1 heterocycles. The summed E-state index contributed by atoms with van der Waals surface area (Å²) in [6.45, 7) is 0. The van der Waals surface area contributed by atoms with Gasteiger partial charge in [0.15, 0.2) is 0 Å². The second-order valence-corrected chi connectivity index (χ2v) is 4.48. The van der Waals surface area contributed by atoms with Crippen LogP contribution in [-0.2, 0) is 6.18 Å². The maximum atomic E-state index is 12.7. The second-order valence-electron chi connectivity index (χ2n) is 4.08. The number of H-pyrrole nitrogens is 1. The van der Waals surface area contributed by atoms with Crippen LogP contribution in [0.25, 0.3) is 0 Å². The van der Waals surface area contributed by atoms with Crippen molar-refractivity contribution >= 4 is 23.2 Å². The van der Waals surface area contributed by atoms with Crippen LogP contribution >= 0.6 is 11.6 Å². The molecule has 0 aliphatic rings. The quantitative estimate of drug-likeness (QED) is 0.893. The van der Waals surface area contributed by atoms with Crippen molar-refractivity contribution in [3.63, 3.8) is 0 Å². The SMILES string of the molecule is O=C(Nc1ccc(Cl)c(C(F)(F)F)c1)c1cccc(=O)[nH]1. The molecule has 110 valence electrons. The number of pyridine rings is 1. The van der Waals surface area contributed by atoms with Crippen molar-refractivity contribution in [1.82, 2.24) is 4.98 Å². The lowest BCUT2D eigenvalue weighted by Gasteiger charge is -2.11. The number of benzene rings is 1. The number of halogens is 4. The highest BCUT2D eigenvalue weighted by atomic mass is 35.5. The molecule has 0 spiro atoms. The first kappa shape index (κ1) is 15.1. The first-order valence-corrected chi connectivity index (χ1v) is 6.02. The number of hydrogen-bond acceptors (Lipinski definition) is 2. The lowest BCUT2D eigenvalue weighted by molar-refractivity contribution is -0.137. The molecule has 0 saturated carbocycles. The Morgan fingerprint density at radius 2 is 1.90 bits per heavy atom. The fraction of sp³-hybridized carbons (Fsp3) is 0.0769. The summed E-state index contributed by atoms with van der Waals surface area (Å²) in [7, 11) is 0. The van der Waals surface area contributed by atoms with Gasteiger partial charge in [0, 0.05) is 11.8 Å². The van der Waals surface area contributed by atoms with Crippen LogP contribution in [0, 0.1) is 0 Å². The van der Waals surface area contributed by atoms with Crippen molar-refractivity contribution in [1.29, 1.82) is 0 Å². The van der Waals surface area contributed by atoms with E-state index >= 15 is 0 Å². The van der Waals surface area contributed by atoms with Gasteiger partial charge >= 0.3 is 6.18 Å². The Hall–Kier alpha value is -2.28. The number of anilines is 1. The summed E-state index contributed by atoms with van der Waals surface area (Å²) in [5, 5.41) is 1.79. The average molecular weight is 317 g/mol. The normalized spacial score (nSPS) is 11.2.